The molecule has 156 valence electrons. The largest absolute Gasteiger partial charge is 0.454 e. The Hall–Kier alpha value is -3.26. The molecule has 0 saturated carbocycles. The van der Waals surface area contributed by atoms with E-state index in [4.69, 9.17) is 9.47 Å². The molecule has 1 heterocycles. The van der Waals surface area contributed by atoms with Gasteiger partial charge < -0.3 is 14.8 Å². The van der Waals surface area contributed by atoms with E-state index in [1.165, 1.54) is 0 Å². The van der Waals surface area contributed by atoms with Crippen LogP contribution in [0, 0.1) is 0 Å². The van der Waals surface area contributed by atoms with Gasteiger partial charge in [0.15, 0.2) is 11.5 Å². The van der Waals surface area contributed by atoms with E-state index >= 15 is 0 Å². The van der Waals surface area contributed by atoms with Gasteiger partial charge in [0.2, 0.25) is 22.7 Å². The second-order valence-corrected chi connectivity index (χ2v) is 9.08. The van der Waals surface area contributed by atoms with E-state index in [1.54, 1.807) is 25.1 Å². The SMILES string of the molecule is CCS(=O)(=O)N(CC(=O)NCc1ccc2ccccc2c1)c1ccc2c(c1)OCO2. The van der Waals surface area contributed by atoms with Gasteiger partial charge in [0.25, 0.3) is 0 Å². The predicted octanol–water partition coefficient (Wildman–Crippen LogP) is 3.04. The molecule has 4 rings (SSSR count). The van der Waals surface area contributed by atoms with Crippen molar-refractivity contribution in [3.63, 3.8) is 0 Å². The van der Waals surface area contributed by atoms with Gasteiger partial charge in [-0.15, -0.1) is 0 Å². The Morgan fingerprint density at radius 2 is 1.77 bits per heavy atom. The summed E-state index contributed by atoms with van der Waals surface area (Å²) in [5.41, 5.74) is 1.30. The summed E-state index contributed by atoms with van der Waals surface area (Å²) in [5, 5.41) is 5.02. The van der Waals surface area contributed by atoms with Crippen LogP contribution in [-0.4, -0.2) is 33.4 Å². The van der Waals surface area contributed by atoms with Crippen LogP contribution in [0.5, 0.6) is 11.5 Å². The fraction of sp³-hybridized carbons (Fsp3) is 0.227. The smallest absolute Gasteiger partial charge is 0.241 e. The van der Waals surface area contributed by atoms with Crippen molar-refractivity contribution in [2.75, 3.05) is 23.4 Å². The Labute approximate surface area is 175 Å². The number of anilines is 1. The first-order valence-electron chi connectivity index (χ1n) is 9.61. The first-order chi connectivity index (χ1) is 14.5. The van der Waals surface area contributed by atoms with E-state index in [1.807, 2.05) is 42.5 Å². The van der Waals surface area contributed by atoms with Crippen molar-refractivity contribution in [3.8, 4) is 11.5 Å². The van der Waals surface area contributed by atoms with Crippen LogP contribution in [0.3, 0.4) is 0 Å². The molecule has 1 amide bonds. The van der Waals surface area contributed by atoms with Gasteiger partial charge in [0.1, 0.15) is 6.54 Å². The van der Waals surface area contributed by atoms with Crippen LogP contribution in [-0.2, 0) is 21.4 Å². The lowest BCUT2D eigenvalue weighted by Crippen LogP contribution is -2.41. The molecule has 0 aliphatic carbocycles. The minimum Gasteiger partial charge on any atom is -0.454 e. The first kappa shape index (κ1) is 20.0. The highest BCUT2D eigenvalue weighted by Gasteiger charge is 2.25. The Morgan fingerprint density at radius 3 is 2.57 bits per heavy atom. The predicted molar refractivity (Wildman–Crippen MR) is 115 cm³/mol. The van der Waals surface area contributed by atoms with Crippen molar-refractivity contribution in [1.82, 2.24) is 5.32 Å². The number of nitrogens with one attached hydrogen (secondary N) is 1. The van der Waals surface area contributed by atoms with Crippen LogP contribution in [0.25, 0.3) is 10.8 Å². The molecule has 1 aliphatic rings. The highest BCUT2D eigenvalue weighted by atomic mass is 32.2. The second-order valence-electron chi connectivity index (χ2n) is 6.90. The molecule has 0 unspecified atom stereocenters. The van der Waals surface area contributed by atoms with Crippen molar-refractivity contribution in [2.45, 2.75) is 13.5 Å². The molecule has 3 aromatic carbocycles. The molecule has 0 atom stereocenters. The number of hydrogen-bond acceptors (Lipinski definition) is 5. The molecule has 0 aromatic heterocycles. The van der Waals surface area contributed by atoms with E-state index < -0.39 is 15.9 Å². The Balaban J connectivity index is 1.49. The van der Waals surface area contributed by atoms with Crippen molar-refractivity contribution >= 4 is 32.4 Å². The summed E-state index contributed by atoms with van der Waals surface area (Å²) in [5.74, 6) is 0.492. The van der Waals surface area contributed by atoms with Crippen molar-refractivity contribution in [3.05, 3.63) is 66.2 Å². The standard InChI is InChI=1S/C22H22N2O5S/c1-2-30(26,27)24(19-9-10-20-21(12-19)29-15-28-20)14-22(25)23-13-16-7-8-17-5-3-4-6-18(17)11-16/h3-12H,2,13-15H2,1H3,(H,23,25). The maximum Gasteiger partial charge on any atom is 0.241 e. The number of carbonyl (C=O) groups is 1. The quantitative estimate of drug-likeness (QED) is 0.628. The van der Waals surface area contributed by atoms with Crippen LogP contribution in [0.15, 0.2) is 60.7 Å². The summed E-state index contributed by atoms with van der Waals surface area (Å²) in [7, 11) is -3.66. The lowest BCUT2D eigenvalue weighted by atomic mass is 10.1. The molecular formula is C22H22N2O5S. The zero-order valence-electron chi connectivity index (χ0n) is 16.5. The average molecular weight is 426 g/mol. The molecule has 8 heteroatoms. The highest BCUT2D eigenvalue weighted by molar-refractivity contribution is 7.92. The monoisotopic (exact) mass is 426 g/mol. The lowest BCUT2D eigenvalue weighted by molar-refractivity contribution is -0.119. The Morgan fingerprint density at radius 1 is 1.00 bits per heavy atom. The van der Waals surface area contributed by atoms with Gasteiger partial charge in [0.05, 0.1) is 11.4 Å². The molecule has 0 fully saturated rings. The van der Waals surface area contributed by atoms with Crippen LogP contribution in [0.2, 0.25) is 0 Å². The van der Waals surface area contributed by atoms with Gasteiger partial charge in [-0.2, -0.15) is 0 Å². The number of sulfonamides is 1. The fourth-order valence-electron chi connectivity index (χ4n) is 3.28. The average Bonchev–Trinajstić information content (AvgIpc) is 3.23. The minimum atomic E-state index is -3.66. The summed E-state index contributed by atoms with van der Waals surface area (Å²) in [6.07, 6.45) is 0. The van der Waals surface area contributed by atoms with E-state index in [9.17, 15) is 13.2 Å². The summed E-state index contributed by atoms with van der Waals surface area (Å²) < 4.78 is 37.0. The molecule has 7 nitrogen and oxygen atoms in total. The molecule has 1 aliphatic heterocycles. The van der Waals surface area contributed by atoms with E-state index in [2.05, 4.69) is 5.32 Å². The first-order valence-corrected chi connectivity index (χ1v) is 11.2. The summed E-state index contributed by atoms with van der Waals surface area (Å²) >= 11 is 0. The topological polar surface area (TPSA) is 84.9 Å². The number of benzene rings is 3. The number of fused-ring (bicyclic) bond motifs is 2. The number of carbonyl (C=O) groups excluding carboxylic acids is 1. The maximum atomic E-state index is 12.6. The summed E-state index contributed by atoms with van der Waals surface area (Å²) in [6, 6.07) is 18.7. The fourth-order valence-corrected chi connectivity index (χ4v) is 4.34. The van der Waals surface area contributed by atoms with Gasteiger partial charge >= 0.3 is 0 Å². The number of rotatable bonds is 7. The van der Waals surface area contributed by atoms with E-state index in [-0.39, 0.29) is 19.1 Å². The molecule has 0 saturated heterocycles. The number of ether oxygens (including phenoxy) is 2. The third-order valence-corrected chi connectivity index (χ3v) is 6.68. The molecule has 0 spiro atoms. The molecule has 30 heavy (non-hydrogen) atoms. The van der Waals surface area contributed by atoms with E-state index in [0.717, 1.165) is 20.6 Å². The van der Waals surface area contributed by atoms with E-state index in [0.29, 0.717) is 23.7 Å². The van der Waals surface area contributed by atoms with Crippen LogP contribution < -0.4 is 19.1 Å². The van der Waals surface area contributed by atoms with Gasteiger partial charge in [-0.3, -0.25) is 9.10 Å². The number of amides is 1. The Bertz CT molecular complexity index is 1190. The van der Waals surface area contributed by atoms with Gasteiger partial charge in [-0.1, -0.05) is 36.4 Å². The third-order valence-electron chi connectivity index (χ3n) is 4.94. The van der Waals surface area contributed by atoms with Crippen molar-refractivity contribution < 1.29 is 22.7 Å². The van der Waals surface area contributed by atoms with Crippen molar-refractivity contribution in [2.24, 2.45) is 0 Å². The summed E-state index contributed by atoms with van der Waals surface area (Å²) in [6.45, 7) is 1.63. The second kappa shape index (κ2) is 8.23. The summed E-state index contributed by atoms with van der Waals surface area (Å²) in [4.78, 5) is 12.6. The van der Waals surface area contributed by atoms with Crippen LogP contribution in [0.1, 0.15) is 12.5 Å². The third kappa shape index (κ3) is 4.18. The zero-order chi connectivity index (χ0) is 21.1. The maximum absolute atomic E-state index is 12.6. The minimum absolute atomic E-state index is 0.0888. The number of hydrogen-bond donors (Lipinski definition) is 1. The zero-order valence-corrected chi connectivity index (χ0v) is 17.3. The Kier molecular flexibility index (Phi) is 5.50. The van der Waals surface area contributed by atoms with Gasteiger partial charge in [-0.05, 0) is 41.5 Å². The molecule has 1 N–H and O–H groups in total. The number of nitrogens with zero attached hydrogens (tertiary/aromatic N) is 1. The lowest BCUT2D eigenvalue weighted by Gasteiger charge is -2.23. The van der Waals surface area contributed by atoms with Crippen LogP contribution in [0.4, 0.5) is 5.69 Å². The van der Waals surface area contributed by atoms with Crippen LogP contribution >= 0.6 is 0 Å². The van der Waals surface area contributed by atoms with Crippen molar-refractivity contribution in [1.29, 1.82) is 0 Å². The molecule has 0 bridgehead atoms. The van der Waals surface area contributed by atoms with Gasteiger partial charge in [-0.25, -0.2) is 8.42 Å². The highest BCUT2D eigenvalue weighted by Crippen LogP contribution is 2.36. The molecular weight excluding hydrogens is 404 g/mol. The normalized spacial score (nSPS) is 12.7. The van der Waals surface area contributed by atoms with Gasteiger partial charge in [0, 0.05) is 12.6 Å². The molecule has 0 radical (unpaired) electrons. The molecule has 3 aromatic rings.